The molecular weight excluding hydrogens is 206 g/mol. The third-order valence-electron chi connectivity index (χ3n) is 1.91. The Labute approximate surface area is 83.5 Å². The average molecular weight is 213 g/mol. The quantitative estimate of drug-likeness (QED) is 0.408. The predicted octanol–water partition coefficient (Wildman–Crippen LogP) is 2.99. The molecule has 0 unspecified atom stereocenters. The summed E-state index contributed by atoms with van der Waals surface area (Å²) in [6.07, 6.45) is 0. The van der Waals surface area contributed by atoms with Crippen molar-refractivity contribution < 1.29 is 4.92 Å². The lowest BCUT2D eigenvalue weighted by atomic mass is 10.1. The molecule has 13 heavy (non-hydrogen) atoms. The third-order valence-corrected chi connectivity index (χ3v) is 4.14. The maximum Gasteiger partial charge on any atom is 0.269 e. The van der Waals surface area contributed by atoms with Gasteiger partial charge in [-0.1, -0.05) is 27.7 Å². The van der Waals surface area contributed by atoms with Crippen LogP contribution in [0.15, 0.2) is 18.2 Å². The summed E-state index contributed by atoms with van der Waals surface area (Å²) in [4.78, 5) is 10.1. The van der Waals surface area contributed by atoms with Crippen LogP contribution in [0.5, 0.6) is 0 Å². The van der Waals surface area contributed by atoms with Crippen LogP contribution < -0.4 is 0 Å². The zero-order valence-electron chi connectivity index (χ0n) is 6.73. The average Bonchev–Trinajstić information content (AvgIpc) is 2.17. The van der Waals surface area contributed by atoms with E-state index in [0.717, 1.165) is 17.1 Å². The van der Waals surface area contributed by atoms with Crippen molar-refractivity contribution in [2.24, 2.45) is 0 Å². The molecular formula is C8H7NO2S2. The van der Waals surface area contributed by atoms with Crippen molar-refractivity contribution in [3.8, 4) is 0 Å². The number of nitro groups is 1. The fourth-order valence-corrected chi connectivity index (χ4v) is 3.44. The molecule has 0 fully saturated rings. The SMILES string of the molecule is O=[N+]([O-])c1ccc2c(c1)CSSC2. The largest absolute Gasteiger partial charge is 0.269 e. The second kappa shape index (κ2) is 3.59. The van der Waals surface area contributed by atoms with E-state index in [9.17, 15) is 10.1 Å². The second-order valence-electron chi connectivity index (χ2n) is 2.73. The summed E-state index contributed by atoms with van der Waals surface area (Å²) in [5, 5.41) is 10.5. The molecule has 0 radical (unpaired) electrons. The van der Waals surface area contributed by atoms with Gasteiger partial charge < -0.3 is 0 Å². The standard InChI is InChI=1S/C8H7NO2S2/c10-9(11)8-2-1-6-4-12-13-5-7(6)3-8/h1-3H,4-5H2. The summed E-state index contributed by atoms with van der Waals surface area (Å²) in [5.41, 5.74) is 2.54. The molecule has 3 nitrogen and oxygen atoms in total. The van der Waals surface area contributed by atoms with Gasteiger partial charge in [0, 0.05) is 23.6 Å². The fourth-order valence-electron chi connectivity index (χ4n) is 1.21. The highest BCUT2D eigenvalue weighted by atomic mass is 33.1. The molecule has 1 aromatic carbocycles. The van der Waals surface area contributed by atoms with E-state index in [1.165, 1.54) is 5.56 Å². The van der Waals surface area contributed by atoms with Crippen LogP contribution in [0.4, 0.5) is 5.69 Å². The van der Waals surface area contributed by atoms with E-state index in [2.05, 4.69) is 0 Å². The molecule has 1 aliphatic rings. The highest BCUT2D eigenvalue weighted by Crippen LogP contribution is 2.37. The Kier molecular flexibility index (Phi) is 2.46. The minimum atomic E-state index is -0.341. The monoisotopic (exact) mass is 213 g/mol. The van der Waals surface area contributed by atoms with Crippen LogP contribution >= 0.6 is 21.6 Å². The van der Waals surface area contributed by atoms with Crippen molar-refractivity contribution in [1.82, 2.24) is 0 Å². The first-order valence-corrected chi connectivity index (χ1v) is 6.27. The zero-order chi connectivity index (χ0) is 9.26. The smallest absolute Gasteiger partial charge is 0.258 e. The molecule has 0 atom stereocenters. The molecule has 1 aromatic rings. The van der Waals surface area contributed by atoms with E-state index in [0.29, 0.717) is 0 Å². The van der Waals surface area contributed by atoms with Gasteiger partial charge in [-0.3, -0.25) is 10.1 Å². The number of benzene rings is 1. The van der Waals surface area contributed by atoms with Gasteiger partial charge in [-0.2, -0.15) is 0 Å². The maximum absolute atomic E-state index is 10.5. The van der Waals surface area contributed by atoms with Gasteiger partial charge in [0.1, 0.15) is 0 Å². The van der Waals surface area contributed by atoms with Gasteiger partial charge in [0.05, 0.1) is 4.92 Å². The first-order valence-electron chi connectivity index (χ1n) is 3.78. The maximum atomic E-state index is 10.5. The van der Waals surface area contributed by atoms with Crippen molar-refractivity contribution in [2.45, 2.75) is 11.5 Å². The normalized spacial score (nSPS) is 15.1. The first-order chi connectivity index (χ1) is 6.27. The van der Waals surface area contributed by atoms with E-state index in [4.69, 9.17) is 0 Å². The number of hydrogen-bond donors (Lipinski definition) is 0. The Hall–Kier alpha value is -0.680. The topological polar surface area (TPSA) is 43.1 Å². The van der Waals surface area contributed by atoms with Crippen LogP contribution in [-0.4, -0.2) is 4.92 Å². The minimum absolute atomic E-state index is 0.200. The second-order valence-corrected chi connectivity index (χ2v) is 5.20. The first kappa shape index (κ1) is 8.90. The molecule has 2 rings (SSSR count). The predicted molar refractivity (Wildman–Crippen MR) is 55.7 cm³/mol. The summed E-state index contributed by atoms with van der Waals surface area (Å²) in [7, 11) is 3.55. The lowest BCUT2D eigenvalue weighted by Gasteiger charge is -2.13. The molecule has 0 saturated carbocycles. The number of non-ortho nitro benzene ring substituents is 1. The van der Waals surface area contributed by atoms with Crippen molar-refractivity contribution in [2.75, 3.05) is 0 Å². The Morgan fingerprint density at radius 3 is 2.62 bits per heavy atom. The summed E-state index contributed by atoms with van der Waals surface area (Å²) >= 11 is 0. The Morgan fingerprint density at radius 2 is 1.92 bits per heavy atom. The molecule has 0 aromatic heterocycles. The Bertz CT molecular complexity index is 354. The molecule has 0 bridgehead atoms. The van der Waals surface area contributed by atoms with Gasteiger partial charge in [0.2, 0.25) is 0 Å². The van der Waals surface area contributed by atoms with Gasteiger partial charge >= 0.3 is 0 Å². The molecule has 1 heterocycles. The van der Waals surface area contributed by atoms with E-state index in [1.807, 2.05) is 6.07 Å². The number of fused-ring (bicyclic) bond motifs is 1. The molecule has 0 saturated heterocycles. The van der Waals surface area contributed by atoms with Crippen LogP contribution in [0.25, 0.3) is 0 Å². The van der Waals surface area contributed by atoms with Crippen LogP contribution in [0.1, 0.15) is 11.1 Å². The summed E-state index contributed by atoms with van der Waals surface area (Å²) in [6, 6.07) is 5.12. The van der Waals surface area contributed by atoms with E-state index < -0.39 is 0 Å². The summed E-state index contributed by atoms with van der Waals surface area (Å²) in [5.74, 6) is 1.83. The molecule has 0 spiro atoms. The van der Waals surface area contributed by atoms with E-state index in [-0.39, 0.29) is 10.6 Å². The summed E-state index contributed by atoms with van der Waals surface area (Å²) in [6.45, 7) is 0. The molecule has 0 N–H and O–H groups in total. The van der Waals surface area contributed by atoms with Gasteiger partial charge in [-0.25, -0.2) is 0 Å². The third kappa shape index (κ3) is 1.81. The Balaban J connectivity index is 2.40. The van der Waals surface area contributed by atoms with Gasteiger partial charge in [0.15, 0.2) is 0 Å². The van der Waals surface area contributed by atoms with Crippen LogP contribution in [-0.2, 0) is 11.5 Å². The summed E-state index contributed by atoms with van der Waals surface area (Å²) < 4.78 is 0. The number of nitrogens with zero attached hydrogens (tertiary/aromatic N) is 1. The number of hydrogen-bond acceptors (Lipinski definition) is 4. The Morgan fingerprint density at radius 1 is 1.23 bits per heavy atom. The van der Waals surface area contributed by atoms with Gasteiger partial charge in [-0.15, -0.1) is 0 Å². The van der Waals surface area contributed by atoms with Crippen molar-refractivity contribution in [1.29, 1.82) is 0 Å². The lowest BCUT2D eigenvalue weighted by Crippen LogP contribution is -1.96. The molecule has 1 aliphatic heterocycles. The highest BCUT2D eigenvalue weighted by Gasteiger charge is 2.14. The number of rotatable bonds is 1. The highest BCUT2D eigenvalue weighted by molar-refractivity contribution is 8.76. The minimum Gasteiger partial charge on any atom is -0.258 e. The zero-order valence-corrected chi connectivity index (χ0v) is 8.36. The van der Waals surface area contributed by atoms with Crippen LogP contribution in [0, 0.1) is 10.1 Å². The fraction of sp³-hybridized carbons (Fsp3) is 0.250. The van der Waals surface area contributed by atoms with E-state index in [1.54, 1.807) is 33.7 Å². The van der Waals surface area contributed by atoms with Gasteiger partial charge in [-0.05, 0) is 11.1 Å². The van der Waals surface area contributed by atoms with Crippen molar-refractivity contribution >= 4 is 27.3 Å². The number of nitro benzene ring substituents is 1. The molecule has 0 amide bonds. The lowest BCUT2D eigenvalue weighted by molar-refractivity contribution is -0.384. The molecule has 68 valence electrons. The molecule has 0 aliphatic carbocycles. The van der Waals surface area contributed by atoms with E-state index >= 15 is 0 Å². The van der Waals surface area contributed by atoms with Crippen LogP contribution in [0.3, 0.4) is 0 Å². The molecule has 5 heteroatoms. The van der Waals surface area contributed by atoms with Crippen molar-refractivity contribution in [3.63, 3.8) is 0 Å². The van der Waals surface area contributed by atoms with Gasteiger partial charge in [0.25, 0.3) is 5.69 Å². The van der Waals surface area contributed by atoms with Crippen molar-refractivity contribution in [3.05, 3.63) is 39.4 Å². The van der Waals surface area contributed by atoms with Crippen LogP contribution in [0.2, 0.25) is 0 Å².